The van der Waals surface area contributed by atoms with Gasteiger partial charge in [0.15, 0.2) is 0 Å². The van der Waals surface area contributed by atoms with Crippen LogP contribution >= 0.6 is 11.3 Å². The van der Waals surface area contributed by atoms with Gasteiger partial charge in [0.2, 0.25) is 0 Å². The SMILES string of the molecule is Cc1cscc1CNC1CCC(N)C1. The van der Waals surface area contributed by atoms with Gasteiger partial charge in [0.25, 0.3) is 0 Å². The van der Waals surface area contributed by atoms with Gasteiger partial charge in [-0.3, -0.25) is 0 Å². The first-order valence-electron chi connectivity index (χ1n) is 5.26. The van der Waals surface area contributed by atoms with Gasteiger partial charge in [-0.2, -0.15) is 11.3 Å². The zero-order valence-corrected chi connectivity index (χ0v) is 9.44. The van der Waals surface area contributed by atoms with Crippen LogP contribution in [0, 0.1) is 6.92 Å². The summed E-state index contributed by atoms with van der Waals surface area (Å²) in [7, 11) is 0. The molecule has 0 saturated heterocycles. The largest absolute Gasteiger partial charge is 0.328 e. The average Bonchev–Trinajstić information content (AvgIpc) is 2.72. The van der Waals surface area contributed by atoms with Crippen molar-refractivity contribution in [3.05, 3.63) is 21.9 Å². The Hall–Kier alpha value is -0.380. The van der Waals surface area contributed by atoms with Gasteiger partial charge in [0, 0.05) is 18.6 Å². The highest BCUT2D eigenvalue weighted by Gasteiger charge is 2.20. The van der Waals surface area contributed by atoms with Gasteiger partial charge in [0.05, 0.1) is 0 Å². The minimum atomic E-state index is 0.427. The summed E-state index contributed by atoms with van der Waals surface area (Å²) in [6, 6.07) is 1.07. The fourth-order valence-corrected chi connectivity index (χ4v) is 2.88. The molecule has 0 amide bonds. The fraction of sp³-hybridized carbons (Fsp3) is 0.636. The van der Waals surface area contributed by atoms with Crippen molar-refractivity contribution in [3.63, 3.8) is 0 Å². The predicted octanol–water partition coefficient (Wildman–Crippen LogP) is 2.03. The molecule has 3 heteroatoms. The Morgan fingerprint density at radius 1 is 1.50 bits per heavy atom. The lowest BCUT2D eigenvalue weighted by Gasteiger charge is -2.11. The second-order valence-corrected chi connectivity index (χ2v) is 4.97. The molecule has 0 aliphatic heterocycles. The smallest absolute Gasteiger partial charge is 0.0218 e. The monoisotopic (exact) mass is 210 g/mol. The van der Waals surface area contributed by atoms with Crippen molar-refractivity contribution in [2.45, 2.75) is 44.8 Å². The molecule has 2 unspecified atom stereocenters. The molecule has 0 aromatic carbocycles. The van der Waals surface area contributed by atoms with Gasteiger partial charge >= 0.3 is 0 Å². The number of hydrogen-bond donors (Lipinski definition) is 2. The summed E-state index contributed by atoms with van der Waals surface area (Å²) in [6.45, 7) is 3.18. The van der Waals surface area contributed by atoms with Gasteiger partial charge in [-0.05, 0) is 48.1 Å². The van der Waals surface area contributed by atoms with Crippen LogP contribution in [0.5, 0.6) is 0 Å². The molecule has 3 N–H and O–H groups in total. The number of nitrogens with two attached hydrogens (primary N) is 1. The lowest BCUT2D eigenvalue weighted by Crippen LogP contribution is -2.27. The van der Waals surface area contributed by atoms with Crippen molar-refractivity contribution < 1.29 is 0 Å². The Bertz CT molecular complexity index is 295. The first-order chi connectivity index (χ1) is 6.75. The average molecular weight is 210 g/mol. The summed E-state index contributed by atoms with van der Waals surface area (Å²) in [5.41, 5.74) is 8.71. The highest BCUT2D eigenvalue weighted by Crippen LogP contribution is 2.19. The van der Waals surface area contributed by atoms with Crippen LogP contribution in [-0.4, -0.2) is 12.1 Å². The Labute approximate surface area is 89.5 Å². The summed E-state index contributed by atoms with van der Waals surface area (Å²) >= 11 is 1.78. The van der Waals surface area contributed by atoms with E-state index in [2.05, 4.69) is 23.0 Å². The van der Waals surface area contributed by atoms with Crippen LogP contribution in [0.25, 0.3) is 0 Å². The molecule has 1 aromatic rings. The van der Waals surface area contributed by atoms with E-state index in [9.17, 15) is 0 Å². The summed E-state index contributed by atoms with van der Waals surface area (Å²) in [4.78, 5) is 0. The van der Waals surface area contributed by atoms with Crippen LogP contribution in [0.4, 0.5) is 0 Å². The van der Waals surface area contributed by atoms with Crippen LogP contribution in [0.2, 0.25) is 0 Å². The lowest BCUT2D eigenvalue weighted by molar-refractivity contribution is 0.516. The van der Waals surface area contributed by atoms with Crippen LogP contribution < -0.4 is 11.1 Å². The Balaban J connectivity index is 1.80. The molecule has 0 radical (unpaired) electrons. The Kier molecular flexibility index (Phi) is 3.21. The van der Waals surface area contributed by atoms with E-state index in [1.165, 1.54) is 24.0 Å². The quantitative estimate of drug-likeness (QED) is 0.801. The molecule has 78 valence electrons. The topological polar surface area (TPSA) is 38.0 Å². The molecule has 0 spiro atoms. The maximum absolute atomic E-state index is 5.87. The molecular formula is C11H18N2S. The van der Waals surface area contributed by atoms with Crippen LogP contribution in [-0.2, 0) is 6.54 Å². The normalized spacial score (nSPS) is 27.0. The van der Waals surface area contributed by atoms with Crippen molar-refractivity contribution >= 4 is 11.3 Å². The first-order valence-corrected chi connectivity index (χ1v) is 6.20. The Morgan fingerprint density at radius 2 is 2.36 bits per heavy atom. The molecule has 0 bridgehead atoms. The van der Waals surface area contributed by atoms with Crippen molar-refractivity contribution in [1.82, 2.24) is 5.32 Å². The zero-order chi connectivity index (χ0) is 9.97. The minimum Gasteiger partial charge on any atom is -0.328 e. The fourth-order valence-electron chi connectivity index (χ4n) is 2.02. The third-order valence-electron chi connectivity index (χ3n) is 3.02. The van der Waals surface area contributed by atoms with Crippen molar-refractivity contribution in [3.8, 4) is 0 Å². The molecule has 2 nitrogen and oxygen atoms in total. The highest BCUT2D eigenvalue weighted by molar-refractivity contribution is 7.08. The van der Waals surface area contributed by atoms with E-state index in [1.807, 2.05) is 0 Å². The van der Waals surface area contributed by atoms with Crippen LogP contribution in [0.15, 0.2) is 10.8 Å². The summed E-state index contributed by atoms with van der Waals surface area (Å²) < 4.78 is 0. The minimum absolute atomic E-state index is 0.427. The molecule has 14 heavy (non-hydrogen) atoms. The molecule has 2 rings (SSSR count). The van der Waals surface area contributed by atoms with E-state index < -0.39 is 0 Å². The maximum atomic E-state index is 5.87. The second-order valence-electron chi connectivity index (χ2n) is 4.23. The van der Waals surface area contributed by atoms with Gasteiger partial charge in [-0.25, -0.2) is 0 Å². The van der Waals surface area contributed by atoms with E-state index in [0.29, 0.717) is 12.1 Å². The summed E-state index contributed by atoms with van der Waals surface area (Å²) in [5, 5.41) is 8.02. The van der Waals surface area contributed by atoms with Gasteiger partial charge in [0.1, 0.15) is 0 Å². The van der Waals surface area contributed by atoms with Gasteiger partial charge < -0.3 is 11.1 Å². The predicted molar refractivity (Wildman–Crippen MR) is 61.5 cm³/mol. The third-order valence-corrected chi connectivity index (χ3v) is 3.93. The third kappa shape index (κ3) is 2.35. The number of rotatable bonds is 3. The molecule has 1 heterocycles. The van der Waals surface area contributed by atoms with Crippen molar-refractivity contribution in [2.75, 3.05) is 0 Å². The molecule has 1 aromatic heterocycles. The standard InChI is InChI=1S/C11H18N2S/c1-8-6-14-7-9(8)5-13-11-3-2-10(12)4-11/h6-7,10-11,13H,2-5,12H2,1H3. The molecule has 1 saturated carbocycles. The van der Waals surface area contributed by atoms with Gasteiger partial charge in [-0.1, -0.05) is 0 Å². The maximum Gasteiger partial charge on any atom is 0.0218 e. The van der Waals surface area contributed by atoms with Crippen molar-refractivity contribution in [2.24, 2.45) is 5.73 Å². The van der Waals surface area contributed by atoms with Crippen LogP contribution in [0.1, 0.15) is 30.4 Å². The molecule has 1 fully saturated rings. The number of thiophene rings is 1. The van der Waals surface area contributed by atoms with E-state index >= 15 is 0 Å². The van der Waals surface area contributed by atoms with E-state index in [4.69, 9.17) is 5.73 Å². The van der Waals surface area contributed by atoms with Gasteiger partial charge in [-0.15, -0.1) is 0 Å². The van der Waals surface area contributed by atoms with Crippen LogP contribution in [0.3, 0.4) is 0 Å². The second kappa shape index (κ2) is 4.43. The highest BCUT2D eigenvalue weighted by atomic mass is 32.1. The number of nitrogens with one attached hydrogen (secondary N) is 1. The first kappa shape index (κ1) is 10.1. The summed E-state index contributed by atoms with van der Waals surface area (Å²) in [5.74, 6) is 0. The van der Waals surface area contributed by atoms with E-state index in [0.717, 1.165) is 13.0 Å². The Morgan fingerprint density at radius 3 is 2.93 bits per heavy atom. The molecule has 1 aliphatic rings. The molecule has 2 atom stereocenters. The number of hydrogen-bond acceptors (Lipinski definition) is 3. The van der Waals surface area contributed by atoms with E-state index in [1.54, 1.807) is 11.3 Å². The van der Waals surface area contributed by atoms with Crippen molar-refractivity contribution in [1.29, 1.82) is 0 Å². The number of aryl methyl sites for hydroxylation is 1. The summed E-state index contributed by atoms with van der Waals surface area (Å²) in [6.07, 6.45) is 3.56. The van der Waals surface area contributed by atoms with E-state index in [-0.39, 0.29) is 0 Å². The zero-order valence-electron chi connectivity index (χ0n) is 8.62. The lowest BCUT2D eigenvalue weighted by atomic mass is 10.2. The molecule has 1 aliphatic carbocycles. The molecular weight excluding hydrogens is 192 g/mol.